The van der Waals surface area contributed by atoms with Crippen LogP contribution in [0.25, 0.3) is 0 Å². The summed E-state index contributed by atoms with van der Waals surface area (Å²) in [6.07, 6.45) is 0. The molecule has 0 aliphatic rings. The van der Waals surface area contributed by atoms with Crippen molar-refractivity contribution in [3.05, 3.63) is 43.0 Å². The van der Waals surface area contributed by atoms with E-state index in [0.29, 0.717) is 5.56 Å². The Morgan fingerprint density at radius 2 is 1.90 bits per heavy atom. The van der Waals surface area contributed by atoms with Crippen molar-refractivity contribution in [2.75, 3.05) is 5.32 Å². The van der Waals surface area contributed by atoms with Crippen LogP contribution in [0.15, 0.2) is 27.4 Å². The number of ether oxygens (including phenoxy) is 1. The highest BCUT2D eigenvalue weighted by Gasteiger charge is 2.16. The fourth-order valence-corrected chi connectivity index (χ4v) is 3.18. The van der Waals surface area contributed by atoms with Gasteiger partial charge in [0.05, 0.1) is 19.4 Å². The van der Waals surface area contributed by atoms with E-state index in [0.717, 1.165) is 3.79 Å². The van der Waals surface area contributed by atoms with Gasteiger partial charge in [0.2, 0.25) is 0 Å². The fourth-order valence-electron chi connectivity index (χ4n) is 1.47. The fraction of sp³-hybridized carbons (Fsp3) is 0.0833. The highest BCUT2D eigenvalue weighted by atomic mass is 79.9. The molecule has 0 radical (unpaired) electrons. The summed E-state index contributed by atoms with van der Waals surface area (Å²) in [7, 11) is 0. The molecule has 2 rings (SSSR count). The zero-order valence-corrected chi connectivity index (χ0v) is 13.9. The first-order valence-corrected chi connectivity index (χ1v) is 7.79. The van der Waals surface area contributed by atoms with Gasteiger partial charge in [-0.15, -0.1) is 11.3 Å². The molecule has 1 heterocycles. The molecule has 0 bridgehead atoms. The van der Waals surface area contributed by atoms with Crippen LogP contribution in [0.1, 0.15) is 10.4 Å². The number of amides is 1. The van der Waals surface area contributed by atoms with E-state index in [4.69, 9.17) is 23.2 Å². The minimum atomic E-state index is -3.04. The maximum absolute atomic E-state index is 12.2. The Bertz CT molecular complexity index is 658. The van der Waals surface area contributed by atoms with E-state index >= 15 is 0 Å². The second-order valence-electron chi connectivity index (χ2n) is 3.74. The number of carbonyl (C=O) groups is 1. The number of thiophene rings is 1. The van der Waals surface area contributed by atoms with Crippen LogP contribution in [-0.2, 0) is 0 Å². The summed E-state index contributed by atoms with van der Waals surface area (Å²) >= 11 is 16.2. The van der Waals surface area contributed by atoms with Gasteiger partial charge < -0.3 is 10.1 Å². The maximum atomic E-state index is 12.2. The highest BCUT2D eigenvalue weighted by molar-refractivity contribution is 9.11. The third kappa shape index (κ3) is 4.29. The average Bonchev–Trinajstić information content (AvgIpc) is 2.80. The molecule has 9 heteroatoms. The zero-order valence-electron chi connectivity index (χ0n) is 10.0. The Labute approximate surface area is 140 Å². The average molecular weight is 417 g/mol. The van der Waals surface area contributed by atoms with Crippen LogP contribution < -0.4 is 10.1 Å². The molecule has 1 N–H and O–H groups in total. The standard InChI is InChI=1S/C12H6BrCl2F2NO2S/c13-9-1-5(4-21-9)11(19)18-6-2-7(14)10(8(15)3-6)20-12(16)17/h1-4,12H,(H,18,19). The molecular weight excluding hydrogens is 411 g/mol. The van der Waals surface area contributed by atoms with E-state index in [2.05, 4.69) is 26.0 Å². The number of rotatable bonds is 4. The predicted octanol–water partition coefficient (Wildman–Crippen LogP) is 5.67. The smallest absolute Gasteiger partial charge is 0.387 e. The first kappa shape index (κ1) is 16.5. The number of nitrogens with one attached hydrogen (secondary N) is 1. The van der Waals surface area contributed by atoms with Gasteiger partial charge in [0.1, 0.15) is 0 Å². The molecule has 1 amide bonds. The lowest BCUT2D eigenvalue weighted by molar-refractivity contribution is -0.0497. The van der Waals surface area contributed by atoms with E-state index in [9.17, 15) is 13.6 Å². The molecule has 2 aromatic rings. The van der Waals surface area contributed by atoms with Gasteiger partial charge in [-0.25, -0.2) is 0 Å². The minimum Gasteiger partial charge on any atom is -0.432 e. The first-order valence-electron chi connectivity index (χ1n) is 5.36. The highest BCUT2D eigenvalue weighted by Crippen LogP contribution is 2.37. The quantitative estimate of drug-likeness (QED) is 0.697. The number of hydrogen-bond donors (Lipinski definition) is 1. The van der Waals surface area contributed by atoms with E-state index in [-0.39, 0.29) is 27.4 Å². The van der Waals surface area contributed by atoms with Gasteiger partial charge in [-0.05, 0) is 34.1 Å². The minimum absolute atomic E-state index is 0.121. The topological polar surface area (TPSA) is 38.3 Å². The van der Waals surface area contributed by atoms with Crippen molar-refractivity contribution in [3.8, 4) is 5.75 Å². The Kier molecular flexibility index (Phi) is 5.43. The zero-order chi connectivity index (χ0) is 15.6. The largest absolute Gasteiger partial charge is 0.432 e. The van der Waals surface area contributed by atoms with Crippen LogP contribution in [0.3, 0.4) is 0 Å². The maximum Gasteiger partial charge on any atom is 0.387 e. The Balaban J connectivity index is 2.20. The second-order valence-corrected chi connectivity index (χ2v) is 6.85. The van der Waals surface area contributed by atoms with Crippen LogP contribution in [0.5, 0.6) is 5.75 Å². The molecule has 0 fully saturated rings. The van der Waals surface area contributed by atoms with Gasteiger partial charge in [-0.1, -0.05) is 23.2 Å². The molecule has 0 spiro atoms. The summed E-state index contributed by atoms with van der Waals surface area (Å²) < 4.78 is 29.4. The van der Waals surface area contributed by atoms with Crippen molar-refractivity contribution in [1.29, 1.82) is 0 Å². The lowest BCUT2D eigenvalue weighted by Crippen LogP contribution is -2.11. The first-order chi connectivity index (χ1) is 9.86. The van der Waals surface area contributed by atoms with Crippen molar-refractivity contribution >= 4 is 62.1 Å². The number of halogens is 5. The van der Waals surface area contributed by atoms with Crippen molar-refractivity contribution in [1.82, 2.24) is 0 Å². The van der Waals surface area contributed by atoms with E-state index < -0.39 is 6.61 Å². The lowest BCUT2D eigenvalue weighted by atomic mass is 10.2. The van der Waals surface area contributed by atoms with Gasteiger partial charge in [0.25, 0.3) is 5.91 Å². The Hall–Kier alpha value is -0.890. The van der Waals surface area contributed by atoms with Crippen molar-refractivity contribution < 1.29 is 18.3 Å². The van der Waals surface area contributed by atoms with Crippen molar-refractivity contribution in [3.63, 3.8) is 0 Å². The predicted molar refractivity (Wildman–Crippen MR) is 83.1 cm³/mol. The summed E-state index contributed by atoms with van der Waals surface area (Å²) in [6.45, 7) is -3.04. The molecule has 0 saturated carbocycles. The number of hydrogen-bond acceptors (Lipinski definition) is 3. The van der Waals surface area contributed by atoms with Gasteiger partial charge in [-0.2, -0.15) is 8.78 Å². The Morgan fingerprint density at radius 3 is 2.38 bits per heavy atom. The second kappa shape index (κ2) is 6.91. The summed E-state index contributed by atoms with van der Waals surface area (Å²) in [4.78, 5) is 12.0. The van der Waals surface area contributed by atoms with Crippen LogP contribution in [0.2, 0.25) is 10.0 Å². The molecule has 0 aliphatic heterocycles. The summed E-state index contributed by atoms with van der Waals surface area (Å²) in [5.74, 6) is -0.698. The molecule has 1 aromatic heterocycles. The third-order valence-electron chi connectivity index (χ3n) is 2.29. The monoisotopic (exact) mass is 415 g/mol. The molecule has 0 unspecified atom stereocenters. The molecular formula is C12H6BrCl2F2NO2S. The van der Waals surface area contributed by atoms with Gasteiger partial charge in [0, 0.05) is 11.1 Å². The molecule has 3 nitrogen and oxygen atoms in total. The van der Waals surface area contributed by atoms with Crippen molar-refractivity contribution in [2.24, 2.45) is 0 Å². The van der Waals surface area contributed by atoms with Crippen LogP contribution in [0, 0.1) is 0 Å². The molecule has 21 heavy (non-hydrogen) atoms. The van der Waals surface area contributed by atoms with E-state index in [1.54, 1.807) is 11.4 Å². The molecule has 1 aromatic carbocycles. The Morgan fingerprint density at radius 1 is 1.29 bits per heavy atom. The summed E-state index contributed by atoms with van der Waals surface area (Å²) in [5, 5.41) is 3.99. The summed E-state index contributed by atoms with van der Waals surface area (Å²) in [6, 6.07) is 4.21. The van der Waals surface area contributed by atoms with Gasteiger partial charge in [0.15, 0.2) is 5.75 Å². The number of alkyl halides is 2. The van der Waals surface area contributed by atoms with Gasteiger partial charge >= 0.3 is 6.61 Å². The number of anilines is 1. The molecule has 0 aliphatic carbocycles. The SMILES string of the molecule is O=C(Nc1cc(Cl)c(OC(F)F)c(Cl)c1)c1csc(Br)c1. The van der Waals surface area contributed by atoms with Crippen LogP contribution >= 0.6 is 50.5 Å². The van der Waals surface area contributed by atoms with Crippen molar-refractivity contribution in [2.45, 2.75) is 6.61 Å². The lowest BCUT2D eigenvalue weighted by Gasteiger charge is -2.11. The van der Waals surface area contributed by atoms with Crippen LogP contribution in [0.4, 0.5) is 14.5 Å². The number of carbonyl (C=O) groups excluding carboxylic acids is 1. The van der Waals surface area contributed by atoms with Crippen LogP contribution in [-0.4, -0.2) is 12.5 Å². The summed E-state index contributed by atoms with van der Waals surface area (Å²) in [5.41, 5.74) is 0.728. The molecule has 0 atom stereocenters. The van der Waals surface area contributed by atoms with E-state index in [1.165, 1.54) is 23.5 Å². The van der Waals surface area contributed by atoms with E-state index in [1.807, 2.05) is 0 Å². The van der Waals surface area contributed by atoms with Gasteiger partial charge in [-0.3, -0.25) is 4.79 Å². The molecule has 0 saturated heterocycles. The molecule has 112 valence electrons. The normalized spacial score (nSPS) is 10.8. The third-order valence-corrected chi connectivity index (χ3v) is 4.36. The number of benzene rings is 1.